The van der Waals surface area contributed by atoms with Crippen molar-refractivity contribution in [3.63, 3.8) is 0 Å². The maximum absolute atomic E-state index is 12.9. The summed E-state index contributed by atoms with van der Waals surface area (Å²) in [6.45, 7) is 0.780. The number of piperidine rings is 1. The Morgan fingerprint density at radius 3 is 2.96 bits per heavy atom. The quantitative estimate of drug-likeness (QED) is 0.595. The Morgan fingerprint density at radius 2 is 2.11 bits per heavy atom. The number of amides is 1. The number of fused-ring (bicyclic) bond motifs is 1. The van der Waals surface area contributed by atoms with E-state index >= 15 is 0 Å². The number of thiazole rings is 1. The highest BCUT2D eigenvalue weighted by atomic mass is 32.1. The number of aromatic nitrogens is 1. The number of benzene rings is 2. The van der Waals surface area contributed by atoms with Crippen LogP contribution in [0.5, 0.6) is 5.75 Å². The summed E-state index contributed by atoms with van der Waals surface area (Å²) in [6.07, 6.45) is 6.66. The van der Waals surface area contributed by atoms with Crippen molar-refractivity contribution in [1.82, 2.24) is 9.88 Å². The second-order valence-corrected chi connectivity index (χ2v) is 7.74. The van der Waals surface area contributed by atoms with Gasteiger partial charge in [-0.2, -0.15) is 0 Å². The van der Waals surface area contributed by atoms with Crippen LogP contribution < -0.4 is 4.74 Å². The minimum Gasteiger partial charge on any atom is -0.497 e. The van der Waals surface area contributed by atoms with Gasteiger partial charge in [-0.3, -0.25) is 4.79 Å². The molecule has 2 heterocycles. The molecule has 27 heavy (non-hydrogen) atoms. The topological polar surface area (TPSA) is 42.4 Å². The SMILES string of the molecule is COc1cccc(/C=C/C(=O)N2CCCC[C@H]2c2nc3ccccc3s2)c1. The van der Waals surface area contributed by atoms with Crippen LogP contribution in [0.3, 0.4) is 0 Å². The first-order chi connectivity index (χ1) is 13.2. The first-order valence-corrected chi connectivity index (χ1v) is 10.0. The third-order valence-corrected chi connectivity index (χ3v) is 6.03. The van der Waals surface area contributed by atoms with Gasteiger partial charge in [0.25, 0.3) is 0 Å². The molecular formula is C22H22N2O2S. The lowest BCUT2D eigenvalue weighted by Crippen LogP contribution is -2.37. The fraction of sp³-hybridized carbons (Fsp3) is 0.273. The molecule has 1 amide bonds. The van der Waals surface area contributed by atoms with Gasteiger partial charge in [-0.25, -0.2) is 4.98 Å². The number of likely N-dealkylation sites (tertiary alicyclic amines) is 1. The number of para-hydroxylation sites is 1. The van der Waals surface area contributed by atoms with Gasteiger partial charge in [0.05, 0.1) is 23.4 Å². The number of rotatable bonds is 4. The van der Waals surface area contributed by atoms with Crippen LogP contribution in [-0.2, 0) is 4.79 Å². The zero-order chi connectivity index (χ0) is 18.6. The Hall–Kier alpha value is -2.66. The van der Waals surface area contributed by atoms with E-state index in [1.165, 1.54) is 4.70 Å². The van der Waals surface area contributed by atoms with Gasteiger partial charge in [0, 0.05) is 12.6 Å². The maximum Gasteiger partial charge on any atom is 0.247 e. The van der Waals surface area contributed by atoms with Crippen molar-refractivity contribution in [3.05, 3.63) is 65.2 Å². The van der Waals surface area contributed by atoms with Crippen LogP contribution in [0.25, 0.3) is 16.3 Å². The number of carbonyl (C=O) groups is 1. The van der Waals surface area contributed by atoms with Crippen LogP contribution in [-0.4, -0.2) is 29.4 Å². The average molecular weight is 378 g/mol. The second-order valence-electron chi connectivity index (χ2n) is 6.67. The molecule has 1 atom stereocenters. The first-order valence-electron chi connectivity index (χ1n) is 9.23. The van der Waals surface area contributed by atoms with E-state index in [0.29, 0.717) is 0 Å². The zero-order valence-corrected chi connectivity index (χ0v) is 16.1. The van der Waals surface area contributed by atoms with E-state index in [-0.39, 0.29) is 11.9 Å². The molecule has 1 fully saturated rings. The predicted molar refractivity (Wildman–Crippen MR) is 110 cm³/mol. The Kier molecular flexibility index (Phi) is 5.21. The van der Waals surface area contributed by atoms with Gasteiger partial charge in [-0.15, -0.1) is 11.3 Å². The molecule has 4 rings (SSSR count). The first kappa shape index (κ1) is 17.7. The predicted octanol–water partition coefficient (Wildman–Crippen LogP) is 5.07. The van der Waals surface area contributed by atoms with E-state index in [1.807, 2.05) is 53.4 Å². The van der Waals surface area contributed by atoms with Crippen molar-refractivity contribution in [1.29, 1.82) is 0 Å². The third kappa shape index (κ3) is 3.88. The largest absolute Gasteiger partial charge is 0.497 e. The highest BCUT2D eigenvalue weighted by molar-refractivity contribution is 7.18. The molecule has 0 saturated carbocycles. The van der Waals surface area contributed by atoms with E-state index in [9.17, 15) is 4.79 Å². The molecule has 1 aromatic heterocycles. The van der Waals surface area contributed by atoms with Gasteiger partial charge < -0.3 is 9.64 Å². The summed E-state index contributed by atoms with van der Waals surface area (Å²) in [4.78, 5) is 19.7. The van der Waals surface area contributed by atoms with E-state index < -0.39 is 0 Å². The summed E-state index contributed by atoms with van der Waals surface area (Å²) >= 11 is 1.70. The number of ether oxygens (including phenoxy) is 1. The lowest BCUT2D eigenvalue weighted by molar-refractivity contribution is -0.129. The molecule has 0 spiro atoms. The maximum atomic E-state index is 12.9. The molecule has 0 bridgehead atoms. The molecule has 138 valence electrons. The standard InChI is InChI=1S/C22H22N2O2S/c1-26-17-8-6-7-16(15-17)12-13-21(25)24-14-5-4-10-19(24)22-23-18-9-2-3-11-20(18)27-22/h2-3,6-9,11-13,15,19H,4-5,10,14H2,1H3/b13-12+/t19-/m0/s1. The minimum absolute atomic E-state index is 0.0433. The van der Waals surface area contributed by atoms with Crippen molar-refractivity contribution in [3.8, 4) is 5.75 Å². The lowest BCUT2D eigenvalue weighted by Gasteiger charge is -2.33. The molecule has 0 radical (unpaired) electrons. The number of methoxy groups -OCH3 is 1. The normalized spacial score (nSPS) is 17.5. The number of hydrogen-bond donors (Lipinski definition) is 0. The van der Waals surface area contributed by atoms with Gasteiger partial charge in [0.15, 0.2) is 0 Å². The molecule has 5 heteroatoms. The Balaban J connectivity index is 1.56. The monoisotopic (exact) mass is 378 g/mol. The van der Waals surface area contributed by atoms with Crippen molar-refractivity contribution >= 4 is 33.5 Å². The smallest absolute Gasteiger partial charge is 0.247 e. The highest BCUT2D eigenvalue weighted by Crippen LogP contribution is 2.35. The fourth-order valence-electron chi connectivity index (χ4n) is 3.49. The molecule has 0 unspecified atom stereocenters. The van der Waals surface area contributed by atoms with Gasteiger partial charge in [0.2, 0.25) is 5.91 Å². The average Bonchev–Trinajstić information content (AvgIpc) is 3.16. The van der Waals surface area contributed by atoms with Crippen LogP contribution in [0, 0.1) is 0 Å². The van der Waals surface area contributed by atoms with Gasteiger partial charge >= 0.3 is 0 Å². The number of nitrogens with zero attached hydrogens (tertiary/aromatic N) is 2. The summed E-state index contributed by atoms with van der Waals surface area (Å²) < 4.78 is 6.42. The van der Waals surface area contributed by atoms with Crippen LogP contribution in [0.4, 0.5) is 0 Å². The Morgan fingerprint density at radius 1 is 1.22 bits per heavy atom. The molecule has 4 nitrogen and oxygen atoms in total. The van der Waals surface area contributed by atoms with Crippen molar-refractivity contribution in [2.24, 2.45) is 0 Å². The molecular weight excluding hydrogens is 356 g/mol. The summed E-state index contributed by atoms with van der Waals surface area (Å²) in [6, 6.07) is 15.9. The molecule has 1 saturated heterocycles. The molecule has 3 aromatic rings. The molecule has 0 aliphatic carbocycles. The molecule has 0 N–H and O–H groups in total. The van der Waals surface area contributed by atoms with Crippen LogP contribution in [0.15, 0.2) is 54.6 Å². The molecule has 1 aliphatic heterocycles. The number of carbonyl (C=O) groups excluding carboxylic acids is 1. The summed E-state index contributed by atoms with van der Waals surface area (Å²) in [5.41, 5.74) is 1.97. The Bertz CT molecular complexity index is 946. The van der Waals surface area contributed by atoms with Crippen molar-refractivity contribution < 1.29 is 9.53 Å². The summed E-state index contributed by atoms with van der Waals surface area (Å²) in [7, 11) is 1.64. The van der Waals surface area contributed by atoms with Crippen LogP contribution in [0.2, 0.25) is 0 Å². The third-order valence-electron chi connectivity index (χ3n) is 4.89. The lowest BCUT2D eigenvalue weighted by atomic mass is 10.0. The van der Waals surface area contributed by atoms with Gasteiger partial charge in [-0.1, -0.05) is 24.3 Å². The summed E-state index contributed by atoms with van der Waals surface area (Å²) in [5.74, 6) is 0.830. The summed E-state index contributed by atoms with van der Waals surface area (Å²) in [5, 5.41) is 1.04. The van der Waals surface area contributed by atoms with Crippen LogP contribution in [0.1, 0.15) is 35.9 Å². The minimum atomic E-state index is 0.0433. The van der Waals surface area contributed by atoms with Crippen molar-refractivity contribution in [2.75, 3.05) is 13.7 Å². The van der Waals surface area contributed by atoms with Gasteiger partial charge in [0.1, 0.15) is 10.8 Å². The van der Waals surface area contributed by atoms with E-state index in [2.05, 4.69) is 6.07 Å². The zero-order valence-electron chi connectivity index (χ0n) is 15.3. The van der Waals surface area contributed by atoms with Crippen LogP contribution >= 0.6 is 11.3 Å². The second kappa shape index (κ2) is 7.92. The van der Waals surface area contributed by atoms with Crippen molar-refractivity contribution in [2.45, 2.75) is 25.3 Å². The molecule has 2 aromatic carbocycles. The van der Waals surface area contributed by atoms with E-state index in [0.717, 1.165) is 47.6 Å². The Labute approximate surface area is 163 Å². The van der Waals surface area contributed by atoms with E-state index in [1.54, 1.807) is 24.5 Å². The fourth-order valence-corrected chi connectivity index (χ4v) is 4.61. The highest BCUT2D eigenvalue weighted by Gasteiger charge is 2.29. The van der Waals surface area contributed by atoms with Gasteiger partial charge in [-0.05, 0) is 55.2 Å². The number of hydrogen-bond acceptors (Lipinski definition) is 4. The molecule has 1 aliphatic rings. The van der Waals surface area contributed by atoms with E-state index in [4.69, 9.17) is 9.72 Å².